The van der Waals surface area contributed by atoms with Gasteiger partial charge >= 0.3 is 5.51 Å². The van der Waals surface area contributed by atoms with Gasteiger partial charge in [-0.3, -0.25) is 0 Å². The molecule has 0 aliphatic carbocycles. The second kappa shape index (κ2) is 6.38. The first kappa shape index (κ1) is 16.0. The quantitative estimate of drug-likeness (QED) is 0.777. The topological polar surface area (TPSA) is 27.7 Å². The molecule has 108 valence electrons. The Balaban J connectivity index is 3.13. The van der Waals surface area contributed by atoms with Crippen molar-refractivity contribution in [3.63, 3.8) is 0 Å². The second-order valence-corrected chi connectivity index (χ2v) is 5.31. The van der Waals surface area contributed by atoms with Gasteiger partial charge in [-0.05, 0) is 12.3 Å². The van der Waals surface area contributed by atoms with Crippen LogP contribution in [0.4, 0.5) is 13.2 Å². The Morgan fingerprint density at radius 3 is 2.26 bits per heavy atom. The van der Waals surface area contributed by atoms with Crippen LogP contribution < -0.4 is 13.7 Å². The Labute approximate surface area is 116 Å². The van der Waals surface area contributed by atoms with E-state index in [9.17, 15) is 13.2 Å². The van der Waals surface area contributed by atoms with Crippen LogP contribution in [0.15, 0.2) is 12.1 Å². The van der Waals surface area contributed by atoms with Crippen LogP contribution >= 0.6 is 22.4 Å². The molecular weight excluding hydrogens is 305 g/mol. The van der Waals surface area contributed by atoms with Gasteiger partial charge in [0.15, 0.2) is 11.5 Å². The van der Waals surface area contributed by atoms with E-state index in [1.165, 1.54) is 33.3 Å². The van der Waals surface area contributed by atoms with E-state index >= 15 is 0 Å². The average Bonchev–Trinajstić information content (AvgIpc) is 2.33. The van der Waals surface area contributed by atoms with Crippen molar-refractivity contribution in [2.45, 2.75) is 12.4 Å². The van der Waals surface area contributed by atoms with E-state index in [0.717, 1.165) is 5.37 Å². The number of alkyl halides is 3. The molecule has 0 aliphatic heterocycles. The second-order valence-electron chi connectivity index (χ2n) is 3.20. The summed E-state index contributed by atoms with van der Waals surface area (Å²) in [5, 5.41) is 1.05. The minimum Gasteiger partial charge on any atom is -0.493 e. The molecule has 19 heavy (non-hydrogen) atoms. The third kappa shape index (κ3) is 3.94. The standard InChI is InChI=1S/C11H12ClF3O3S/c1-4-19(11(13,14)15)18-7-5-8(12)10(17-3)9(6-7)16-2/h4-6H,1-3H3. The molecule has 0 aromatic heterocycles. The number of benzene rings is 1. The molecule has 0 aliphatic rings. The summed E-state index contributed by atoms with van der Waals surface area (Å²) in [7, 11) is 0.427. The highest BCUT2D eigenvalue weighted by Crippen LogP contribution is 2.43. The van der Waals surface area contributed by atoms with Crippen LogP contribution in [0, 0.1) is 0 Å². The van der Waals surface area contributed by atoms with Gasteiger partial charge in [-0.2, -0.15) is 13.2 Å². The maximum Gasteiger partial charge on any atom is 0.470 e. The highest BCUT2D eigenvalue weighted by molar-refractivity contribution is 8.11. The average molecular weight is 317 g/mol. The van der Waals surface area contributed by atoms with E-state index in [1.54, 1.807) is 0 Å². The molecule has 0 fully saturated rings. The van der Waals surface area contributed by atoms with Crippen LogP contribution in [0.3, 0.4) is 0 Å². The number of hydrogen-bond acceptors (Lipinski definition) is 3. The van der Waals surface area contributed by atoms with Gasteiger partial charge in [0.2, 0.25) is 0 Å². The summed E-state index contributed by atoms with van der Waals surface area (Å²) >= 11 is 5.88. The SMILES string of the molecule is C/C=S(/Oc1cc(Cl)c(OC)c(OC)c1)C(F)(F)F. The summed E-state index contributed by atoms with van der Waals surface area (Å²) in [6, 6.07) is 2.54. The predicted octanol–water partition coefficient (Wildman–Crippen LogP) is 4.26. The molecule has 1 aromatic carbocycles. The van der Waals surface area contributed by atoms with Crippen molar-refractivity contribution in [1.82, 2.24) is 0 Å². The Bertz CT molecular complexity index is 489. The zero-order valence-corrected chi connectivity index (χ0v) is 11.9. The number of ether oxygens (including phenoxy) is 2. The van der Waals surface area contributed by atoms with Crippen LogP contribution in [0.5, 0.6) is 17.2 Å². The van der Waals surface area contributed by atoms with E-state index in [4.69, 9.17) is 25.3 Å². The number of hydrogen-bond donors (Lipinski definition) is 0. The van der Waals surface area contributed by atoms with Crippen LogP contribution in [-0.4, -0.2) is 25.1 Å². The summed E-state index contributed by atoms with van der Waals surface area (Å²) in [6.07, 6.45) is 0. The molecule has 0 amide bonds. The van der Waals surface area contributed by atoms with Gasteiger partial charge in [-0.15, -0.1) is 0 Å². The molecule has 0 spiro atoms. The van der Waals surface area contributed by atoms with E-state index in [1.807, 2.05) is 0 Å². The van der Waals surface area contributed by atoms with Crippen LogP contribution in [0.2, 0.25) is 5.02 Å². The van der Waals surface area contributed by atoms with Gasteiger partial charge in [-0.1, -0.05) is 11.6 Å². The Kier molecular flexibility index (Phi) is 5.37. The summed E-state index contributed by atoms with van der Waals surface area (Å²) in [6.45, 7) is 1.28. The third-order valence-electron chi connectivity index (χ3n) is 2.04. The molecule has 0 heterocycles. The molecule has 0 saturated carbocycles. The molecule has 8 heteroatoms. The fourth-order valence-electron chi connectivity index (χ4n) is 1.28. The van der Waals surface area contributed by atoms with Crippen LogP contribution in [-0.2, 0) is 0 Å². The van der Waals surface area contributed by atoms with Crippen molar-refractivity contribution in [2.75, 3.05) is 14.2 Å². The fourth-order valence-corrected chi connectivity index (χ4v) is 2.31. The molecule has 0 saturated heterocycles. The smallest absolute Gasteiger partial charge is 0.470 e. The van der Waals surface area contributed by atoms with E-state index < -0.39 is 16.3 Å². The zero-order valence-electron chi connectivity index (χ0n) is 10.4. The van der Waals surface area contributed by atoms with Crippen LogP contribution in [0.25, 0.3) is 0 Å². The van der Waals surface area contributed by atoms with Crippen molar-refractivity contribution in [1.29, 1.82) is 0 Å². The van der Waals surface area contributed by atoms with E-state index in [0.29, 0.717) is 0 Å². The fraction of sp³-hybridized carbons (Fsp3) is 0.364. The lowest BCUT2D eigenvalue weighted by Gasteiger charge is -2.16. The van der Waals surface area contributed by atoms with E-state index in [-0.39, 0.29) is 22.3 Å². The zero-order chi connectivity index (χ0) is 14.6. The third-order valence-corrected chi connectivity index (χ3v) is 3.57. The van der Waals surface area contributed by atoms with Gasteiger partial charge in [0, 0.05) is 12.1 Å². The number of methoxy groups -OCH3 is 2. The van der Waals surface area contributed by atoms with E-state index in [2.05, 4.69) is 0 Å². The molecule has 1 aromatic rings. The number of rotatable bonds is 4. The lowest BCUT2D eigenvalue weighted by Crippen LogP contribution is -2.08. The maximum absolute atomic E-state index is 12.6. The Morgan fingerprint density at radius 2 is 1.84 bits per heavy atom. The Morgan fingerprint density at radius 1 is 1.21 bits per heavy atom. The highest BCUT2D eigenvalue weighted by Gasteiger charge is 2.34. The van der Waals surface area contributed by atoms with Crippen molar-refractivity contribution < 1.29 is 26.8 Å². The highest BCUT2D eigenvalue weighted by atomic mass is 35.5. The molecular formula is C11H12ClF3O3S. The number of halogens is 4. The summed E-state index contributed by atoms with van der Waals surface area (Å²) < 4.78 is 52.6. The van der Waals surface area contributed by atoms with Gasteiger partial charge in [0.25, 0.3) is 0 Å². The van der Waals surface area contributed by atoms with Gasteiger partial charge in [-0.25, -0.2) is 0 Å². The molecule has 1 atom stereocenters. The van der Waals surface area contributed by atoms with Gasteiger partial charge < -0.3 is 13.7 Å². The minimum atomic E-state index is -4.46. The molecule has 3 nitrogen and oxygen atoms in total. The first-order chi connectivity index (χ1) is 8.83. The van der Waals surface area contributed by atoms with Crippen molar-refractivity contribution in [3.05, 3.63) is 17.2 Å². The molecule has 1 unspecified atom stereocenters. The minimum absolute atomic E-state index is 0.0404. The maximum atomic E-state index is 12.6. The van der Waals surface area contributed by atoms with Gasteiger partial charge in [0.05, 0.1) is 30.0 Å². The molecule has 0 radical (unpaired) electrons. The van der Waals surface area contributed by atoms with Crippen molar-refractivity contribution in [3.8, 4) is 17.2 Å². The molecule has 0 N–H and O–H groups in total. The lowest BCUT2D eigenvalue weighted by molar-refractivity contribution is -0.0377. The largest absolute Gasteiger partial charge is 0.493 e. The van der Waals surface area contributed by atoms with Crippen LogP contribution in [0.1, 0.15) is 6.92 Å². The molecule has 1 rings (SSSR count). The summed E-state index contributed by atoms with van der Waals surface area (Å²) in [5.41, 5.74) is -4.46. The molecule has 0 bridgehead atoms. The first-order valence-corrected chi connectivity index (χ1v) is 6.61. The van der Waals surface area contributed by atoms with Gasteiger partial charge in [0.1, 0.15) is 5.75 Å². The lowest BCUT2D eigenvalue weighted by atomic mass is 10.3. The Hall–Kier alpha value is -1.08. The predicted molar refractivity (Wildman–Crippen MR) is 70.6 cm³/mol. The normalized spacial score (nSPS) is 13.2. The monoisotopic (exact) mass is 316 g/mol. The summed E-state index contributed by atoms with van der Waals surface area (Å²) in [5.74, 6) is 0.400. The van der Waals surface area contributed by atoms with Crippen molar-refractivity contribution >= 4 is 27.7 Å². The summed E-state index contributed by atoms with van der Waals surface area (Å²) in [4.78, 5) is 0. The first-order valence-electron chi connectivity index (χ1n) is 5.02. The van der Waals surface area contributed by atoms with Crippen molar-refractivity contribution in [2.24, 2.45) is 0 Å².